The summed E-state index contributed by atoms with van der Waals surface area (Å²) in [7, 11) is 0. The summed E-state index contributed by atoms with van der Waals surface area (Å²) >= 11 is 0. The van der Waals surface area contributed by atoms with Crippen molar-refractivity contribution in [3.63, 3.8) is 0 Å². The first kappa shape index (κ1) is 14.4. The highest BCUT2D eigenvalue weighted by Gasteiger charge is 2.22. The molecule has 1 aromatic carbocycles. The van der Waals surface area contributed by atoms with Crippen molar-refractivity contribution in [1.82, 2.24) is 5.32 Å². The van der Waals surface area contributed by atoms with Crippen LogP contribution in [0.25, 0.3) is 0 Å². The Morgan fingerprint density at radius 1 is 1.19 bits per heavy atom. The number of carbonyl (C=O) groups is 1. The molecule has 2 saturated heterocycles. The molecule has 0 aromatic heterocycles. The van der Waals surface area contributed by atoms with E-state index in [0.29, 0.717) is 0 Å². The minimum absolute atomic E-state index is 0.117. The quantitative estimate of drug-likeness (QED) is 0.898. The lowest BCUT2D eigenvalue weighted by Crippen LogP contribution is -2.26. The molecule has 0 radical (unpaired) electrons. The van der Waals surface area contributed by atoms with Gasteiger partial charge < -0.3 is 15.5 Å². The highest BCUT2D eigenvalue weighted by molar-refractivity contribution is 5.93. The zero-order valence-electron chi connectivity index (χ0n) is 12.6. The molecule has 0 spiro atoms. The van der Waals surface area contributed by atoms with Gasteiger partial charge in [-0.3, -0.25) is 4.79 Å². The van der Waals surface area contributed by atoms with Gasteiger partial charge in [0.1, 0.15) is 0 Å². The van der Waals surface area contributed by atoms with Crippen molar-refractivity contribution in [3.05, 3.63) is 24.3 Å². The summed E-state index contributed by atoms with van der Waals surface area (Å²) in [4.78, 5) is 14.6. The fraction of sp³-hybridized carbons (Fsp3) is 0.588. The van der Waals surface area contributed by atoms with Gasteiger partial charge in [-0.1, -0.05) is 18.9 Å². The lowest BCUT2D eigenvalue weighted by molar-refractivity contribution is -0.119. The molecule has 2 heterocycles. The Bertz CT molecular complexity index is 475. The lowest BCUT2D eigenvalue weighted by Gasteiger charge is -2.23. The number of benzene rings is 1. The molecule has 0 saturated carbocycles. The van der Waals surface area contributed by atoms with E-state index in [0.717, 1.165) is 38.3 Å². The Labute approximate surface area is 126 Å². The topological polar surface area (TPSA) is 44.4 Å². The standard InChI is InChI=1S/C17H25N3O/c21-17(14-8-9-18-13-14)19-15-6-5-7-16(12-15)20-10-3-1-2-4-11-20/h5-7,12,14,18H,1-4,8-11,13H2,(H,19,21). The summed E-state index contributed by atoms with van der Waals surface area (Å²) in [6.07, 6.45) is 6.15. The van der Waals surface area contributed by atoms with Crippen LogP contribution in [-0.4, -0.2) is 32.1 Å². The van der Waals surface area contributed by atoms with E-state index in [1.807, 2.05) is 12.1 Å². The molecule has 2 fully saturated rings. The van der Waals surface area contributed by atoms with Gasteiger partial charge in [0, 0.05) is 31.0 Å². The average Bonchev–Trinajstić information content (AvgIpc) is 2.90. The largest absolute Gasteiger partial charge is 0.371 e. The van der Waals surface area contributed by atoms with Gasteiger partial charge in [-0.2, -0.15) is 0 Å². The molecule has 0 aliphatic carbocycles. The first-order valence-corrected chi connectivity index (χ1v) is 8.19. The molecule has 3 rings (SSSR count). The third-order valence-corrected chi connectivity index (χ3v) is 4.52. The molecule has 2 aliphatic rings. The predicted octanol–water partition coefficient (Wildman–Crippen LogP) is 2.62. The van der Waals surface area contributed by atoms with Crippen molar-refractivity contribution in [3.8, 4) is 0 Å². The number of hydrogen-bond donors (Lipinski definition) is 2. The summed E-state index contributed by atoms with van der Waals surface area (Å²) in [5, 5.41) is 6.31. The van der Waals surface area contributed by atoms with E-state index >= 15 is 0 Å². The van der Waals surface area contributed by atoms with Crippen LogP contribution in [0.3, 0.4) is 0 Å². The number of hydrogen-bond acceptors (Lipinski definition) is 3. The van der Waals surface area contributed by atoms with Gasteiger partial charge >= 0.3 is 0 Å². The van der Waals surface area contributed by atoms with Crippen LogP contribution in [0.5, 0.6) is 0 Å². The van der Waals surface area contributed by atoms with Crippen molar-refractivity contribution in [2.75, 3.05) is 36.4 Å². The van der Waals surface area contributed by atoms with Crippen LogP contribution in [0.2, 0.25) is 0 Å². The Kier molecular flexibility index (Phi) is 4.76. The first-order valence-electron chi connectivity index (χ1n) is 8.19. The van der Waals surface area contributed by atoms with E-state index in [1.165, 1.54) is 31.4 Å². The van der Waals surface area contributed by atoms with Gasteiger partial charge in [0.25, 0.3) is 0 Å². The molecule has 21 heavy (non-hydrogen) atoms. The molecule has 2 N–H and O–H groups in total. The average molecular weight is 287 g/mol. The van der Waals surface area contributed by atoms with Gasteiger partial charge in [0.15, 0.2) is 0 Å². The minimum atomic E-state index is 0.117. The van der Waals surface area contributed by atoms with E-state index in [4.69, 9.17) is 0 Å². The monoisotopic (exact) mass is 287 g/mol. The fourth-order valence-electron chi connectivity index (χ4n) is 3.23. The molecule has 4 nitrogen and oxygen atoms in total. The van der Waals surface area contributed by atoms with Gasteiger partial charge in [-0.15, -0.1) is 0 Å². The Balaban J connectivity index is 1.65. The van der Waals surface area contributed by atoms with Crippen LogP contribution in [0.1, 0.15) is 32.1 Å². The predicted molar refractivity (Wildman–Crippen MR) is 86.7 cm³/mol. The Hall–Kier alpha value is -1.55. The van der Waals surface area contributed by atoms with Crippen LogP contribution in [0.4, 0.5) is 11.4 Å². The van der Waals surface area contributed by atoms with Crippen molar-refractivity contribution in [2.24, 2.45) is 5.92 Å². The zero-order valence-corrected chi connectivity index (χ0v) is 12.6. The normalized spacial score (nSPS) is 22.9. The second-order valence-electron chi connectivity index (χ2n) is 6.13. The van der Waals surface area contributed by atoms with Gasteiger partial charge in [0.2, 0.25) is 5.91 Å². The summed E-state index contributed by atoms with van der Waals surface area (Å²) < 4.78 is 0. The van der Waals surface area contributed by atoms with Crippen LogP contribution in [-0.2, 0) is 4.79 Å². The number of anilines is 2. The van der Waals surface area contributed by atoms with E-state index < -0.39 is 0 Å². The van der Waals surface area contributed by atoms with Crippen LogP contribution < -0.4 is 15.5 Å². The maximum atomic E-state index is 12.2. The number of nitrogens with zero attached hydrogens (tertiary/aromatic N) is 1. The van der Waals surface area contributed by atoms with Gasteiger partial charge in [-0.05, 0) is 44.0 Å². The molecular formula is C17H25N3O. The number of carbonyl (C=O) groups excluding carboxylic acids is 1. The van der Waals surface area contributed by atoms with Crippen molar-refractivity contribution >= 4 is 17.3 Å². The molecular weight excluding hydrogens is 262 g/mol. The molecule has 1 atom stereocenters. The zero-order chi connectivity index (χ0) is 14.5. The summed E-state index contributed by atoms with van der Waals surface area (Å²) in [6.45, 7) is 4.01. The molecule has 1 amide bonds. The van der Waals surface area contributed by atoms with E-state index in [-0.39, 0.29) is 11.8 Å². The molecule has 1 aromatic rings. The molecule has 4 heteroatoms. The molecule has 2 aliphatic heterocycles. The minimum Gasteiger partial charge on any atom is -0.371 e. The van der Waals surface area contributed by atoms with Crippen LogP contribution in [0.15, 0.2) is 24.3 Å². The van der Waals surface area contributed by atoms with Crippen LogP contribution >= 0.6 is 0 Å². The molecule has 114 valence electrons. The Morgan fingerprint density at radius 2 is 2.00 bits per heavy atom. The van der Waals surface area contributed by atoms with Crippen molar-refractivity contribution in [2.45, 2.75) is 32.1 Å². The maximum absolute atomic E-state index is 12.2. The van der Waals surface area contributed by atoms with Gasteiger partial charge in [0.05, 0.1) is 5.92 Å². The fourth-order valence-corrected chi connectivity index (χ4v) is 3.23. The maximum Gasteiger partial charge on any atom is 0.228 e. The summed E-state index contributed by atoms with van der Waals surface area (Å²) in [6, 6.07) is 8.30. The highest BCUT2D eigenvalue weighted by atomic mass is 16.1. The third kappa shape index (κ3) is 3.76. The lowest BCUT2D eigenvalue weighted by atomic mass is 10.1. The first-order chi connectivity index (χ1) is 10.3. The SMILES string of the molecule is O=C(Nc1cccc(N2CCCCCC2)c1)C1CCNC1. The molecule has 0 bridgehead atoms. The van der Waals surface area contributed by atoms with E-state index in [1.54, 1.807) is 0 Å². The van der Waals surface area contributed by atoms with Gasteiger partial charge in [-0.25, -0.2) is 0 Å². The van der Waals surface area contributed by atoms with Crippen molar-refractivity contribution < 1.29 is 4.79 Å². The smallest absolute Gasteiger partial charge is 0.228 e. The second kappa shape index (κ2) is 6.94. The van der Waals surface area contributed by atoms with E-state index in [9.17, 15) is 4.79 Å². The Morgan fingerprint density at radius 3 is 2.71 bits per heavy atom. The number of rotatable bonds is 3. The number of amides is 1. The highest BCUT2D eigenvalue weighted by Crippen LogP contribution is 2.23. The molecule has 1 unspecified atom stereocenters. The third-order valence-electron chi connectivity index (χ3n) is 4.52. The van der Waals surface area contributed by atoms with Crippen LogP contribution in [0, 0.1) is 5.92 Å². The van der Waals surface area contributed by atoms with E-state index in [2.05, 4.69) is 27.7 Å². The summed E-state index contributed by atoms with van der Waals surface area (Å²) in [5.74, 6) is 0.264. The summed E-state index contributed by atoms with van der Waals surface area (Å²) in [5.41, 5.74) is 2.16. The number of nitrogens with one attached hydrogen (secondary N) is 2. The van der Waals surface area contributed by atoms with Crippen molar-refractivity contribution in [1.29, 1.82) is 0 Å². The second-order valence-corrected chi connectivity index (χ2v) is 6.13.